The maximum Gasteiger partial charge on any atom is 0.292 e. The highest BCUT2D eigenvalue weighted by Gasteiger charge is 2.34. The van der Waals surface area contributed by atoms with E-state index >= 15 is 0 Å². The van der Waals surface area contributed by atoms with Crippen molar-refractivity contribution in [1.29, 1.82) is 0 Å². The second-order valence-electron chi connectivity index (χ2n) is 6.53. The Morgan fingerprint density at radius 3 is 2.83 bits per heavy atom. The van der Waals surface area contributed by atoms with Gasteiger partial charge in [0, 0.05) is 25.6 Å². The molecule has 1 saturated heterocycles. The molecule has 0 spiro atoms. The van der Waals surface area contributed by atoms with Crippen molar-refractivity contribution in [2.75, 3.05) is 11.4 Å². The minimum absolute atomic E-state index is 0.0745. The molecule has 1 aromatic carbocycles. The fourth-order valence-electron chi connectivity index (χ4n) is 3.94. The fraction of sp³-hybridized carbons (Fsp3) is 0.529. The molecule has 3 heterocycles. The molecule has 7 nitrogen and oxygen atoms in total. The van der Waals surface area contributed by atoms with Crippen LogP contribution in [0.1, 0.15) is 49.8 Å². The zero-order chi connectivity index (χ0) is 16.5. The number of aromatic nitrogens is 3. The normalized spacial score (nSPS) is 20.7. The van der Waals surface area contributed by atoms with Crippen molar-refractivity contribution in [3.05, 3.63) is 46.0 Å². The first kappa shape index (κ1) is 15.1. The Labute approximate surface area is 140 Å². The van der Waals surface area contributed by atoms with E-state index in [1.807, 2.05) is 12.1 Å². The summed E-state index contributed by atoms with van der Waals surface area (Å²) in [5.41, 5.74) is 0.857. The van der Waals surface area contributed by atoms with Crippen LogP contribution >= 0.6 is 0 Å². The van der Waals surface area contributed by atoms with Gasteiger partial charge in [-0.2, -0.15) is 0 Å². The molecular weight excluding hydrogens is 306 g/mol. The monoisotopic (exact) mass is 327 g/mol. The van der Waals surface area contributed by atoms with Crippen LogP contribution in [0.2, 0.25) is 0 Å². The quantitative estimate of drug-likeness (QED) is 0.639. The number of aryl methyl sites for hydroxylation is 1. The number of fused-ring (bicyclic) bond motifs is 1. The van der Waals surface area contributed by atoms with Crippen molar-refractivity contribution in [3.8, 4) is 0 Å². The summed E-state index contributed by atoms with van der Waals surface area (Å²) in [6, 6.07) is 7.08. The predicted molar refractivity (Wildman–Crippen MR) is 90.0 cm³/mol. The van der Waals surface area contributed by atoms with Crippen molar-refractivity contribution < 1.29 is 4.92 Å². The Morgan fingerprint density at radius 1 is 1.08 bits per heavy atom. The molecule has 4 rings (SSSR count). The van der Waals surface area contributed by atoms with E-state index in [-0.39, 0.29) is 16.7 Å². The van der Waals surface area contributed by atoms with E-state index in [1.165, 1.54) is 6.42 Å². The average Bonchev–Trinajstić information content (AvgIpc) is 3.15. The molecule has 0 amide bonds. The first-order chi connectivity index (χ1) is 11.8. The van der Waals surface area contributed by atoms with Gasteiger partial charge in [-0.1, -0.05) is 18.6 Å². The van der Waals surface area contributed by atoms with Crippen molar-refractivity contribution in [3.63, 3.8) is 0 Å². The molecule has 0 N–H and O–H groups in total. The van der Waals surface area contributed by atoms with Crippen molar-refractivity contribution in [2.24, 2.45) is 0 Å². The molecule has 0 saturated carbocycles. The molecule has 2 aliphatic rings. The van der Waals surface area contributed by atoms with Crippen molar-refractivity contribution in [2.45, 2.75) is 51.1 Å². The Balaban J connectivity index is 1.72. The molecular formula is C17H21N5O2. The van der Waals surface area contributed by atoms with Crippen LogP contribution < -0.4 is 4.90 Å². The lowest BCUT2D eigenvalue weighted by atomic mass is 10.1. The third-order valence-electron chi connectivity index (χ3n) is 5.08. The first-order valence-corrected chi connectivity index (χ1v) is 8.68. The zero-order valence-corrected chi connectivity index (χ0v) is 13.6. The molecule has 0 bridgehead atoms. The lowest BCUT2D eigenvalue weighted by Gasteiger charge is -2.26. The molecule has 1 fully saturated rings. The maximum atomic E-state index is 11.4. The molecule has 1 unspecified atom stereocenters. The van der Waals surface area contributed by atoms with Gasteiger partial charge in [0.25, 0.3) is 5.69 Å². The number of nitro benzene ring substituents is 1. The lowest BCUT2D eigenvalue weighted by Crippen LogP contribution is -2.26. The van der Waals surface area contributed by atoms with Crippen LogP contribution in [0.15, 0.2) is 24.3 Å². The molecule has 0 radical (unpaired) electrons. The molecule has 1 atom stereocenters. The molecule has 2 aromatic rings. The van der Waals surface area contributed by atoms with Crippen LogP contribution in [-0.4, -0.2) is 26.2 Å². The lowest BCUT2D eigenvalue weighted by molar-refractivity contribution is -0.384. The summed E-state index contributed by atoms with van der Waals surface area (Å²) in [5.74, 6) is 2.04. The fourth-order valence-corrected chi connectivity index (χ4v) is 3.94. The Bertz CT molecular complexity index is 757. The van der Waals surface area contributed by atoms with Gasteiger partial charge in [0.1, 0.15) is 11.5 Å². The van der Waals surface area contributed by atoms with E-state index < -0.39 is 0 Å². The van der Waals surface area contributed by atoms with Crippen LogP contribution in [0.3, 0.4) is 0 Å². The largest absolute Gasteiger partial charge is 0.356 e. The van der Waals surface area contributed by atoms with Crippen LogP contribution in [0.5, 0.6) is 0 Å². The highest BCUT2D eigenvalue weighted by atomic mass is 16.6. The van der Waals surface area contributed by atoms with Gasteiger partial charge in [0.05, 0.1) is 11.0 Å². The summed E-state index contributed by atoms with van der Waals surface area (Å²) in [5, 5.41) is 20.3. The highest BCUT2D eigenvalue weighted by Crippen LogP contribution is 2.40. The van der Waals surface area contributed by atoms with Gasteiger partial charge >= 0.3 is 0 Å². The molecule has 24 heavy (non-hydrogen) atoms. The Kier molecular flexibility index (Phi) is 3.92. The predicted octanol–water partition coefficient (Wildman–Crippen LogP) is 3.25. The number of hydrogen-bond donors (Lipinski definition) is 0. The third-order valence-corrected chi connectivity index (χ3v) is 5.08. The topological polar surface area (TPSA) is 77.1 Å². The van der Waals surface area contributed by atoms with Crippen LogP contribution in [0.25, 0.3) is 0 Å². The second kappa shape index (κ2) is 6.22. The molecule has 2 aliphatic heterocycles. The van der Waals surface area contributed by atoms with Gasteiger partial charge in [0.15, 0.2) is 5.82 Å². The zero-order valence-electron chi connectivity index (χ0n) is 13.6. The molecule has 126 valence electrons. The number of nitro groups is 1. The molecule has 0 aliphatic carbocycles. The van der Waals surface area contributed by atoms with Crippen LogP contribution in [0, 0.1) is 10.1 Å². The molecule has 1 aromatic heterocycles. The summed E-state index contributed by atoms with van der Waals surface area (Å²) in [4.78, 5) is 13.2. The number of nitrogens with zero attached hydrogens (tertiary/aromatic N) is 5. The van der Waals surface area contributed by atoms with E-state index in [1.54, 1.807) is 12.1 Å². The number of benzene rings is 1. The third kappa shape index (κ3) is 2.53. The van der Waals surface area contributed by atoms with E-state index in [2.05, 4.69) is 19.7 Å². The Hall–Kier alpha value is -2.44. The SMILES string of the molecule is O=[N+]([O-])c1ccccc1N1CCCC1c1nnc2n1CCCCC2. The van der Waals surface area contributed by atoms with Gasteiger partial charge in [-0.05, 0) is 31.7 Å². The van der Waals surface area contributed by atoms with Crippen LogP contribution in [0.4, 0.5) is 11.4 Å². The standard InChI is InChI=1S/C17H21N5O2/c23-22(24)14-8-4-3-7-13(14)20-12-6-9-15(20)17-19-18-16-10-2-1-5-11-21(16)17/h3-4,7-8,15H,1-2,5-6,9-12H2. The highest BCUT2D eigenvalue weighted by molar-refractivity contribution is 5.64. The van der Waals surface area contributed by atoms with Gasteiger partial charge < -0.3 is 9.47 Å². The van der Waals surface area contributed by atoms with E-state index in [9.17, 15) is 10.1 Å². The number of anilines is 1. The maximum absolute atomic E-state index is 11.4. The van der Waals surface area contributed by atoms with Gasteiger partial charge in [-0.15, -0.1) is 10.2 Å². The smallest absolute Gasteiger partial charge is 0.292 e. The Morgan fingerprint density at radius 2 is 1.96 bits per heavy atom. The van der Waals surface area contributed by atoms with Crippen molar-refractivity contribution in [1.82, 2.24) is 14.8 Å². The molecule has 7 heteroatoms. The number of hydrogen-bond acceptors (Lipinski definition) is 5. The summed E-state index contributed by atoms with van der Waals surface area (Å²) in [6.45, 7) is 1.77. The van der Waals surface area contributed by atoms with E-state index in [4.69, 9.17) is 0 Å². The summed E-state index contributed by atoms with van der Waals surface area (Å²) in [6.07, 6.45) is 6.49. The van der Waals surface area contributed by atoms with Crippen LogP contribution in [-0.2, 0) is 13.0 Å². The van der Waals surface area contributed by atoms with Crippen molar-refractivity contribution >= 4 is 11.4 Å². The van der Waals surface area contributed by atoms with E-state index in [0.717, 1.165) is 56.8 Å². The van der Waals surface area contributed by atoms with Gasteiger partial charge in [0.2, 0.25) is 0 Å². The first-order valence-electron chi connectivity index (χ1n) is 8.68. The summed E-state index contributed by atoms with van der Waals surface area (Å²) >= 11 is 0. The van der Waals surface area contributed by atoms with Gasteiger partial charge in [-0.25, -0.2) is 0 Å². The van der Waals surface area contributed by atoms with Gasteiger partial charge in [-0.3, -0.25) is 10.1 Å². The average molecular weight is 327 g/mol. The minimum Gasteiger partial charge on any atom is -0.356 e. The summed E-state index contributed by atoms with van der Waals surface area (Å²) < 4.78 is 2.25. The summed E-state index contributed by atoms with van der Waals surface area (Å²) in [7, 11) is 0. The number of para-hydroxylation sites is 2. The van der Waals surface area contributed by atoms with E-state index in [0.29, 0.717) is 5.69 Å². The minimum atomic E-state index is -0.297. The number of rotatable bonds is 3. The second-order valence-corrected chi connectivity index (χ2v) is 6.53.